The molecular weight excluding hydrogens is 288 g/mol. The van der Waals surface area contributed by atoms with Crippen LogP contribution in [0.1, 0.15) is 61.0 Å². The average Bonchev–Trinajstić information content (AvgIpc) is 2.97. The number of rotatable bonds is 4. The van der Waals surface area contributed by atoms with Crippen molar-refractivity contribution in [2.24, 2.45) is 5.41 Å². The van der Waals surface area contributed by atoms with E-state index in [-0.39, 0.29) is 5.97 Å². The highest BCUT2D eigenvalue weighted by molar-refractivity contribution is 7.13. The number of carboxylic acids is 1. The van der Waals surface area contributed by atoms with E-state index in [1.165, 1.54) is 11.3 Å². The molecule has 1 aromatic heterocycles. The van der Waals surface area contributed by atoms with Gasteiger partial charge in [0.1, 0.15) is 10.5 Å². The third-order valence-electron chi connectivity index (χ3n) is 3.78. The van der Waals surface area contributed by atoms with E-state index in [1.54, 1.807) is 6.07 Å². The topological polar surface area (TPSA) is 63.6 Å². The molecule has 21 heavy (non-hydrogen) atoms. The Hall–Kier alpha value is -1.36. The molecule has 0 saturated heterocycles. The molecule has 0 radical (unpaired) electrons. The van der Waals surface area contributed by atoms with Gasteiger partial charge in [-0.1, -0.05) is 12.8 Å². The zero-order chi connectivity index (χ0) is 15.7. The zero-order valence-corrected chi connectivity index (χ0v) is 13.6. The second-order valence-electron chi connectivity index (χ2n) is 6.74. The maximum Gasteiger partial charge on any atom is 0.345 e. The Labute approximate surface area is 129 Å². The summed E-state index contributed by atoms with van der Waals surface area (Å²) in [6.45, 7) is 5.63. The molecule has 0 bridgehead atoms. The Morgan fingerprint density at radius 1 is 1.29 bits per heavy atom. The van der Waals surface area contributed by atoms with Gasteiger partial charge in [0.2, 0.25) is 0 Å². The normalized spacial score (nSPS) is 17.7. The predicted molar refractivity (Wildman–Crippen MR) is 81.7 cm³/mol. The van der Waals surface area contributed by atoms with Crippen molar-refractivity contribution in [1.82, 2.24) is 0 Å². The summed E-state index contributed by atoms with van der Waals surface area (Å²) in [7, 11) is 0. The lowest BCUT2D eigenvalue weighted by molar-refractivity contribution is -0.167. The summed E-state index contributed by atoms with van der Waals surface area (Å²) in [4.78, 5) is 24.8. The number of hydrogen-bond donors (Lipinski definition) is 1. The van der Waals surface area contributed by atoms with E-state index < -0.39 is 17.0 Å². The summed E-state index contributed by atoms with van der Waals surface area (Å²) < 4.78 is 5.60. The molecule has 1 aromatic rings. The summed E-state index contributed by atoms with van der Waals surface area (Å²) in [5.41, 5.74) is -0.970. The van der Waals surface area contributed by atoms with Crippen LogP contribution in [0.5, 0.6) is 0 Å². The van der Waals surface area contributed by atoms with E-state index >= 15 is 0 Å². The van der Waals surface area contributed by atoms with E-state index in [1.807, 2.05) is 26.8 Å². The lowest BCUT2D eigenvalue weighted by atomic mass is 9.82. The first kappa shape index (κ1) is 16.0. The second kappa shape index (κ2) is 5.79. The first-order valence-electron chi connectivity index (χ1n) is 7.27. The monoisotopic (exact) mass is 310 g/mol. The standard InChI is InChI=1S/C16H22O4S/c1-15(2,3)20-14(19)16(8-4-5-9-16)10-11-6-7-12(21-11)13(17)18/h6-7H,4-5,8-10H2,1-3H3,(H,17,18). The van der Waals surface area contributed by atoms with Crippen molar-refractivity contribution in [2.45, 2.75) is 58.5 Å². The summed E-state index contributed by atoms with van der Waals surface area (Å²) in [5.74, 6) is -1.05. The first-order chi connectivity index (χ1) is 9.72. The van der Waals surface area contributed by atoms with Crippen molar-refractivity contribution in [3.05, 3.63) is 21.9 Å². The minimum absolute atomic E-state index is 0.141. The van der Waals surface area contributed by atoms with Crippen LogP contribution in [0.3, 0.4) is 0 Å². The Morgan fingerprint density at radius 2 is 1.90 bits per heavy atom. The Bertz CT molecular complexity index is 533. The highest BCUT2D eigenvalue weighted by atomic mass is 32.1. The van der Waals surface area contributed by atoms with E-state index in [0.29, 0.717) is 11.3 Å². The number of carbonyl (C=O) groups excluding carboxylic acids is 1. The van der Waals surface area contributed by atoms with Gasteiger partial charge in [0.05, 0.1) is 5.41 Å². The first-order valence-corrected chi connectivity index (χ1v) is 8.09. The fourth-order valence-corrected chi connectivity index (χ4v) is 3.80. The molecule has 0 unspecified atom stereocenters. The van der Waals surface area contributed by atoms with Crippen molar-refractivity contribution in [3.63, 3.8) is 0 Å². The second-order valence-corrected chi connectivity index (χ2v) is 7.91. The number of thiophene rings is 1. The van der Waals surface area contributed by atoms with Gasteiger partial charge < -0.3 is 9.84 Å². The van der Waals surface area contributed by atoms with Gasteiger partial charge in [-0.2, -0.15) is 0 Å². The Balaban J connectivity index is 2.18. The molecule has 116 valence electrons. The molecule has 1 fully saturated rings. The summed E-state index contributed by atoms with van der Waals surface area (Å²) >= 11 is 1.25. The Kier molecular flexibility index (Phi) is 4.42. The fourth-order valence-electron chi connectivity index (χ4n) is 2.81. The van der Waals surface area contributed by atoms with Gasteiger partial charge in [0, 0.05) is 4.88 Å². The van der Waals surface area contributed by atoms with Gasteiger partial charge in [0.25, 0.3) is 0 Å². The van der Waals surface area contributed by atoms with Crippen molar-refractivity contribution in [1.29, 1.82) is 0 Å². The molecule has 0 aromatic carbocycles. The molecule has 1 heterocycles. The molecule has 0 amide bonds. The molecule has 1 N–H and O–H groups in total. The maximum absolute atomic E-state index is 12.6. The minimum atomic E-state index is -0.913. The Morgan fingerprint density at radius 3 is 2.38 bits per heavy atom. The maximum atomic E-state index is 12.6. The summed E-state index contributed by atoms with van der Waals surface area (Å²) in [6.07, 6.45) is 4.27. The highest BCUT2D eigenvalue weighted by Crippen LogP contribution is 2.43. The SMILES string of the molecule is CC(C)(C)OC(=O)C1(Cc2ccc(C(=O)O)s2)CCCC1. The van der Waals surface area contributed by atoms with E-state index in [2.05, 4.69) is 0 Å². The lowest BCUT2D eigenvalue weighted by Crippen LogP contribution is -2.37. The van der Waals surface area contributed by atoms with Gasteiger partial charge in [0.15, 0.2) is 0 Å². The molecule has 1 saturated carbocycles. The quantitative estimate of drug-likeness (QED) is 0.857. The summed E-state index contributed by atoms with van der Waals surface area (Å²) in [5, 5.41) is 9.00. The molecule has 0 aliphatic heterocycles. The minimum Gasteiger partial charge on any atom is -0.477 e. The van der Waals surface area contributed by atoms with Gasteiger partial charge in [-0.25, -0.2) is 4.79 Å². The van der Waals surface area contributed by atoms with Crippen LogP contribution in [0, 0.1) is 5.41 Å². The van der Waals surface area contributed by atoms with Crippen LogP contribution in [0.25, 0.3) is 0 Å². The number of carboxylic acid groups (broad SMARTS) is 1. The fraction of sp³-hybridized carbons (Fsp3) is 0.625. The molecule has 0 atom stereocenters. The third kappa shape index (κ3) is 3.84. The van der Waals surface area contributed by atoms with Crippen LogP contribution in [0.15, 0.2) is 12.1 Å². The smallest absolute Gasteiger partial charge is 0.345 e. The third-order valence-corrected chi connectivity index (χ3v) is 4.85. The van der Waals surface area contributed by atoms with Crippen LogP contribution in [0.2, 0.25) is 0 Å². The van der Waals surface area contributed by atoms with Crippen LogP contribution in [-0.4, -0.2) is 22.6 Å². The van der Waals surface area contributed by atoms with Crippen molar-refractivity contribution in [2.75, 3.05) is 0 Å². The summed E-state index contributed by atoms with van der Waals surface area (Å²) in [6, 6.07) is 3.43. The highest BCUT2D eigenvalue weighted by Gasteiger charge is 2.44. The molecular formula is C16H22O4S. The largest absolute Gasteiger partial charge is 0.477 e. The number of aromatic carboxylic acids is 1. The van der Waals surface area contributed by atoms with Gasteiger partial charge in [-0.3, -0.25) is 4.79 Å². The van der Waals surface area contributed by atoms with Crippen molar-refractivity contribution >= 4 is 23.3 Å². The van der Waals surface area contributed by atoms with Gasteiger partial charge >= 0.3 is 11.9 Å². The molecule has 1 aliphatic rings. The molecule has 5 heteroatoms. The number of ether oxygens (including phenoxy) is 1. The van der Waals surface area contributed by atoms with E-state index in [4.69, 9.17) is 9.84 Å². The molecule has 1 aliphatic carbocycles. The van der Waals surface area contributed by atoms with Crippen LogP contribution >= 0.6 is 11.3 Å². The van der Waals surface area contributed by atoms with Crippen LogP contribution in [0.4, 0.5) is 0 Å². The number of esters is 1. The number of hydrogen-bond acceptors (Lipinski definition) is 4. The predicted octanol–water partition coefficient (Wildman–Crippen LogP) is 3.89. The van der Waals surface area contributed by atoms with Crippen LogP contribution in [-0.2, 0) is 16.0 Å². The molecule has 0 spiro atoms. The van der Waals surface area contributed by atoms with Gasteiger partial charge in [-0.15, -0.1) is 11.3 Å². The van der Waals surface area contributed by atoms with E-state index in [9.17, 15) is 9.59 Å². The van der Waals surface area contributed by atoms with Crippen molar-refractivity contribution in [3.8, 4) is 0 Å². The molecule has 2 rings (SSSR count). The zero-order valence-electron chi connectivity index (χ0n) is 12.8. The number of carbonyl (C=O) groups is 2. The molecule has 4 nitrogen and oxygen atoms in total. The van der Waals surface area contributed by atoms with Gasteiger partial charge in [-0.05, 0) is 52.2 Å². The van der Waals surface area contributed by atoms with E-state index in [0.717, 1.165) is 30.6 Å². The van der Waals surface area contributed by atoms with Crippen molar-refractivity contribution < 1.29 is 19.4 Å². The lowest BCUT2D eigenvalue weighted by Gasteiger charge is -2.30. The van der Waals surface area contributed by atoms with Crippen LogP contribution < -0.4 is 0 Å². The average molecular weight is 310 g/mol.